The van der Waals surface area contributed by atoms with Gasteiger partial charge in [-0.25, -0.2) is 13.1 Å². The zero-order chi connectivity index (χ0) is 21.1. The number of rotatable bonds is 6. The van der Waals surface area contributed by atoms with Gasteiger partial charge in [0.25, 0.3) is 0 Å². The number of halogens is 3. The van der Waals surface area contributed by atoms with E-state index in [4.69, 9.17) is 0 Å². The minimum absolute atomic E-state index is 0.0204. The van der Waals surface area contributed by atoms with Gasteiger partial charge in [-0.15, -0.1) is 0 Å². The summed E-state index contributed by atoms with van der Waals surface area (Å²) in [5, 5.41) is 2.66. The van der Waals surface area contributed by atoms with Crippen LogP contribution in [0.1, 0.15) is 27.8 Å². The molecule has 5 nitrogen and oxygen atoms in total. The molecule has 0 heterocycles. The minimum Gasteiger partial charge on any atom is -0.324 e. The fraction of sp³-hybridized carbons (Fsp3) is 0.316. The minimum atomic E-state index is -4.56. The second-order valence-electron chi connectivity index (χ2n) is 6.60. The quantitative estimate of drug-likeness (QED) is 0.757. The first-order chi connectivity index (χ1) is 12.9. The van der Waals surface area contributed by atoms with Crippen LogP contribution in [0.3, 0.4) is 0 Å². The Morgan fingerprint density at radius 1 is 1.04 bits per heavy atom. The highest BCUT2D eigenvalue weighted by Gasteiger charge is 2.30. The summed E-state index contributed by atoms with van der Waals surface area (Å²) in [6, 6.07) is 7.85. The van der Waals surface area contributed by atoms with Crippen LogP contribution in [0, 0.1) is 20.8 Å². The van der Waals surface area contributed by atoms with E-state index in [1.165, 1.54) is 6.07 Å². The van der Waals surface area contributed by atoms with Gasteiger partial charge < -0.3 is 5.32 Å². The lowest BCUT2D eigenvalue weighted by molar-refractivity contribution is -0.137. The van der Waals surface area contributed by atoms with E-state index in [0.29, 0.717) is 5.69 Å². The van der Waals surface area contributed by atoms with Crippen LogP contribution in [0.25, 0.3) is 0 Å². The highest BCUT2D eigenvalue weighted by molar-refractivity contribution is 7.88. The van der Waals surface area contributed by atoms with Crippen molar-refractivity contribution in [3.63, 3.8) is 0 Å². The number of anilines is 1. The maximum absolute atomic E-state index is 12.7. The Balaban J connectivity index is 2.01. The van der Waals surface area contributed by atoms with Gasteiger partial charge in [-0.05, 0) is 43.5 Å². The van der Waals surface area contributed by atoms with Crippen molar-refractivity contribution in [3.05, 3.63) is 64.2 Å². The number of aryl methyl sites for hydroxylation is 3. The van der Waals surface area contributed by atoms with Crippen LogP contribution in [0.5, 0.6) is 0 Å². The van der Waals surface area contributed by atoms with Crippen LogP contribution in [0.4, 0.5) is 18.9 Å². The molecule has 2 aromatic rings. The van der Waals surface area contributed by atoms with Gasteiger partial charge in [0, 0.05) is 5.69 Å². The first-order valence-electron chi connectivity index (χ1n) is 8.38. The monoisotopic (exact) mass is 414 g/mol. The summed E-state index contributed by atoms with van der Waals surface area (Å²) >= 11 is 0. The molecular formula is C19H21F3N2O3S. The third-order valence-electron chi connectivity index (χ3n) is 4.01. The molecule has 2 rings (SSSR count). The average Bonchev–Trinajstić information content (AvgIpc) is 2.55. The molecular weight excluding hydrogens is 393 g/mol. The summed E-state index contributed by atoms with van der Waals surface area (Å²) in [7, 11) is -3.99. The van der Waals surface area contributed by atoms with Crippen LogP contribution in [0.2, 0.25) is 0 Å². The standard InChI is InChI=1S/C19H21F3N2O3S/c1-12-7-13(2)18(14(3)8-12)24-17(25)10-23-28(26,27)11-15-5-4-6-16(9-15)19(20,21)22/h4-9,23H,10-11H2,1-3H3,(H,24,25). The summed E-state index contributed by atoms with van der Waals surface area (Å²) < 4.78 is 64.6. The molecule has 2 N–H and O–H groups in total. The van der Waals surface area contributed by atoms with Gasteiger partial charge in [0.2, 0.25) is 15.9 Å². The van der Waals surface area contributed by atoms with Gasteiger partial charge in [-0.1, -0.05) is 35.9 Å². The number of sulfonamides is 1. The average molecular weight is 414 g/mol. The molecule has 9 heteroatoms. The highest BCUT2D eigenvalue weighted by Crippen LogP contribution is 2.29. The van der Waals surface area contributed by atoms with Crippen molar-refractivity contribution < 1.29 is 26.4 Å². The molecule has 0 fully saturated rings. The van der Waals surface area contributed by atoms with Gasteiger partial charge in [-0.2, -0.15) is 13.2 Å². The first kappa shape index (κ1) is 21.9. The van der Waals surface area contributed by atoms with Crippen molar-refractivity contribution in [2.45, 2.75) is 32.7 Å². The molecule has 0 atom stereocenters. The number of carbonyl (C=O) groups excluding carboxylic acids is 1. The summed E-state index contributed by atoms with van der Waals surface area (Å²) in [6.07, 6.45) is -4.56. The number of benzene rings is 2. The fourth-order valence-electron chi connectivity index (χ4n) is 2.84. The zero-order valence-electron chi connectivity index (χ0n) is 15.6. The van der Waals surface area contributed by atoms with Crippen LogP contribution in [-0.4, -0.2) is 20.9 Å². The van der Waals surface area contributed by atoms with E-state index in [1.807, 2.05) is 32.9 Å². The predicted octanol–water partition coefficient (Wildman–Crippen LogP) is 3.69. The lowest BCUT2D eigenvalue weighted by Crippen LogP contribution is -2.34. The van der Waals surface area contributed by atoms with E-state index in [2.05, 4.69) is 10.0 Å². The largest absolute Gasteiger partial charge is 0.416 e. The lowest BCUT2D eigenvalue weighted by Gasteiger charge is -2.13. The molecule has 0 aromatic heterocycles. The topological polar surface area (TPSA) is 75.3 Å². The van der Waals surface area contributed by atoms with Gasteiger partial charge in [0.15, 0.2) is 0 Å². The smallest absolute Gasteiger partial charge is 0.324 e. The molecule has 0 aliphatic carbocycles. The second-order valence-corrected chi connectivity index (χ2v) is 8.41. The normalized spacial score (nSPS) is 12.1. The fourth-order valence-corrected chi connectivity index (χ4v) is 3.92. The third kappa shape index (κ3) is 6.07. The number of hydrogen-bond donors (Lipinski definition) is 2. The Hall–Kier alpha value is -2.39. The van der Waals surface area contributed by atoms with Crippen molar-refractivity contribution in [1.29, 1.82) is 0 Å². The van der Waals surface area contributed by atoms with Crippen molar-refractivity contribution in [1.82, 2.24) is 4.72 Å². The molecule has 0 saturated carbocycles. The van der Waals surface area contributed by atoms with E-state index in [9.17, 15) is 26.4 Å². The van der Waals surface area contributed by atoms with Crippen LogP contribution >= 0.6 is 0 Å². The maximum atomic E-state index is 12.7. The Kier molecular flexibility index (Phi) is 6.51. The van der Waals surface area contributed by atoms with Crippen molar-refractivity contribution >= 4 is 21.6 Å². The third-order valence-corrected chi connectivity index (χ3v) is 5.30. The molecule has 2 aromatic carbocycles. The van der Waals surface area contributed by atoms with Crippen molar-refractivity contribution in [2.24, 2.45) is 0 Å². The SMILES string of the molecule is Cc1cc(C)c(NC(=O)CNS(=O)(=O)Cc2cccc(C(F)(F)F)c2)c(C)c1. The van der Waals surface area contributed by atoms with E-state index >= 15 is 0 Å². The molecule has 0 unspecified atom stereocenters. The molecule has 0 bridgehead atoms. The number of nitrogens with one attached hydrogen (secondary N) is 2. The van der Waals surface area contributed by atoms with E-state index in [1.54, 1.807) is 0 Å². The zero-order valence-corrected chi connectivity index (χ0v) is 16.5. The second kappa shape index (κ2) is 8.32. The molecule has 28 heavy (non-hydrogen) atoms. The van der Waals surface area contributed by atoms with Crippen LogP contribution in [0.15, 0.2) is 36.4 Å². The lowest BCUT2D eigenvalue weighted by atomic mass is 10.1. The van der Waals surface area contributed by atoms with Crippen LogP contribution < -0.4 is 10.0 Å². The molecule has 0 saturated heterocycles. The highest BCUT2D eigenvalue weighted by atomic mass is 32.2. The van der Waals surface area contributed by atoms with Gasteiger partial charge in [0.05, 0.1) is 17.9 Å². The maximum Gasteiger partial charge on any atom is 0.416 e. The Morgan fingerprint density at radius 3 is 2.21 bits per heavy atom. The Labute approximate surface area is 162 Å². The molecule has 0 aliphatic heterocycles. The number of alkyl halides is 3. The van der Waals surface area contributed by atoms with Crippen molar-refractivity contribution in [2.75, 3.05) is 11.9 Å². The van der Waals surface area contributed by atoms with E-state index in [-0.39, 0.29) is 5.56 Å². The summed E-state index contributed by atoms with van der Waals surface area (Å²) in [6.45, 7) is 5.06. The Bertz CT molecular complexity index is 963. The summed E-state index contributed by atoms with van der Waals surface area (Å²) in [5.74, 6) is -1.23. The number of amides is 1. The Morgan fingerprint density at radius 2 is 1.64 bits per heavy atom. The molecule has 0 radical (unpaired) electrons. The van der Waals surface area contributed by atoms with Gasteiger partial charge >= 0.3 is 6.18 Å². The predicted molar refractivity (Wildman–Crippen MR) is 101 cm³/mol. The first-order valence-corrected chi connectivity index (χ1v) is 10.0. The van der Waals surface area contributed by atoms with Crippen LogP contribution in [-0.2, 0) is 26.7 Å². The molecule has 0 aliphatic rings. The molecule has 152 valence electrons. The van der Waals surface area contributed by atoms with E-state index in [0.717, 1.165) is 34.9 Å². The molecule has 0 spiro atoms. The van der Waals surface area contributed by atoms with E-state index < -0.39 is 40.0 Å². The van der Waals surface area contributed by atoms with Crippen molar-refractivity contribution in [3.8, 4) is 0 Å². The van der Waals surface area contributed by atoms with Gasteiger partial charge in [0.1, 0.15) is 0 Å². The number of hydrogen-bond acceptors (Lipinski definition) is 3. The van der Waals surface area contributed by atoms with Gasteiger partial charge in [-0.3, -0.25) is 4.79 Å². The number of carbonyl (C=O) groups is 1. The molecule has 1 amide bonds. The summed E-state index contributed by atoms with van der Waals surface area (Å²) in [4.78, 5) is 12.1. The summed E-state index contributed by atoms with van der Waals surface area (Å²) in [5.41, 5.74) is 2.38.